The van der Waals surface area contributed by atoms with Gasteiger partial charge in [-0.05, 0) is 25.1 Å². The summed E-state index contributed by atoms with van der Waals surface area (Å²) in [5.74, 6) is -0.109. The Morgan fingerprint density at radius 3 is 2.74 bits per heavy atom. The van der Waals surface area contributed by atoms with Crippen LogP contribution in [0.1, 0.15) is 19.8 Å². The van der Waals surface area contributed by atoms with Crippen molar-refractivity contribution in [3.05, 3.63) is 24.3 Å². The standard InChI is InChI=1S/C14H23N3O2/c1-2-3-8-17(9-10-18)11-14(19)16-13-7-5-4-6-12(13)15/h4-7,18H,2-3,8-11,15H2,1H3,(H,16,19). The number of amides is 1. The Bertz CT molecular complexity index is 396. The maximum absolute atomic E-state index is 11.9. The summed E-state index contributed by atoms with van der Waals surface area (Å²) in [4.78, 5) is 13.9. The number of aliphatic hydroxyl groups is 1. The fourth-order valence-corrected chi connectivity index (χ4v) is 1.80. The third kappa shape index (κ3) is 5.72. The van der Waals surface area contributed by atoms with Crippen LogP contribution in [-0.4, -0.2) is 42.2 Å². The van der Waals surface area contributed by atoms with Crippen LogP contribution in [0.15, 0.2) is 24.3 Å². The van der Waals surface area contributed by atoms with Crippen molar-refractivity contribution in [2.24, 2.45) is 0 Å². The summed E-state index contributed by atoms with van der Waals surface area (Å²) < 4.78 is 0. The van der Waals surface area contributed by atoms with Crippen molar-refractivity contribution in [1.82, 2.24) is 4.90 Å². The molecule has 19 heavy (non-hydrogen) atoms. The predicted molar refractivity (Wildman–Crippen MR) is 77.9 cm³/mol. The van der Waals surface area contributed by atoms with Crippen molar-refractivity contribution >= 4 is 17.3 Å². The van der Waals surface area contributed by atoms with Gasteiger partial charge in [0.1, 0.15) is 0 Å². The van der Waals surface area contributed by atoms with E-state index in [1.165, 1.54) is 0 Å². The van der Waals surface area contributed by atoms with Gasteiger partial charge in [0.15, 0.2) is 0 Å². The zero-order chi connectivity index (χ0) is 14.1. The van der Waals surface area contributed by atoms with Crippen LogP contribution < -0.4 is 11.1 Å². The number of unbranched alkanes of at least 4 members (excludes halogenated alkanes) is 1. The average molecular weight is 265 g/mol. The van der Waals surface area contributed by atoms with Crippen LogP contribution in [0.5, 0.6) is 0 Å². The van der Waals surface area contributed by atoms with Gasteiger partial charge in [-0.2, -0.15) is 0 Å². The molecule has 0 spiro atoms. The minimum Gasteiger partial charge on any atom is -0.397 e. The van der Waals surface area contributed by atoms with Crippen molar-refractivity contribution in [1.29, 1.82) is 0 Å². The molecule has 0 aliphatic rings. The molecule has 5 heteroatoms. The molecule has 0 aromatic heterocycles. The molecule has 106 valence electrons. The van der Waals surface area contributed by atoms with Crippen LogP contribution in [0.25, 0.3) is 0 Å². The predicted octanol–water partition coefficient (Wildman–Crippen LogP) is 1.30. The van der Waals surface area contributed by atoms with E-state index in [-0.39, 0.29) is 19.1 Å². The summed E-state index contributed by atoms with van der Waals surface area (Å²) in [5, 5.41) is 11.8. The van der Waals surface area contributed by atoms with Gasteiger partial charge < -0.3 is 16.2 Å². The van der Waals surface area contributed by atoms with Crippen LogP contribution >= 0.6 is 0 Å². The van der Waals surface area contributed by atoms with Crippen molar-refractivity contribution in [2.45, 2.75) is 19.8 Å². The first-order chi connectivity index (χ1) is 9.17. The zero-order valence-corrected chi connectivity index (χ0v) is 11.4. The molecule has 0 aliphatic carbocycles. The third-order valence-electron chi connectivity index (χ3n) is 2.85. The van der Waals surface area contributed by atoms with E-state index in [0.717, 1.165) is 19.4 Å². The summed E-state index contributed by atoms with van der Waals surface area (Å²) in [7, 11) is 0. The van der Waals surface area contributed by atoms with E-state index in [9.17, 15) is 4.79 Å². The summed E-state index contributed by atoms with van der Waals surface area (Å²) in [6.45, 7) is 3.76. The summed E-state index contributed by atoms with van der Waals surface area (Å²) in [6.07, 6.45) is 2.08. The van der Waals surface area contributed by atoms with Gasteiger partial charge in [0.25, 0.3) is 0 Å². The Morgan fingerprint density at radius 1 is 1.37 bits per heavy atom. The first-order valence-electron chi connectivity index (χ1n) is 6.65. The second-order valence-electron chi connectivity index (χ2n) is 4.49. The van der Waals surface area contributed by atoms with Crippen LogP contribution in [0.4, 0.5) is 11.4 Å². The smallest absolute Gasteiger partial charge is 0.238 e. The highest BCUT2D eigenvalue weighted by Crippen LogP contribution is 2.16. The average Bonchev–Trinajstić information content (AvgIpc) is 2.39. The number of carbonyl (C=O) groups excluding carboxylic acids is 1. The Morgan fingerprint density at radius 2 is 2.11 bits per heavy atom. The molecule has 1 aromatic carbocycles. The molecule has 5 nitrogen and oxygen atoms in total. The normalized spacial score (nSPS) is 10.7. The van der Waals surface area contributed by atoms with E-state index in [1.54, 1.807) is 12.1 Å². The second kappa shape index (κ2) is 8.50. The maximum Gasteiger partial charge on any atom is 0.238 e. The van der Waals surface area contributed by atoms with Crippen molar-refractivity contribution < 1.29 is 9.90 Å². The van der Waals surface area contributed by atoms with E-state index in [0.29, 0.717) is 17.9 Å². The number of carbonyl (C=O) groups is 1. The molecular weight excluding hydrogens is 242 g/mol. The van der Waals surface area contributed by atoms with Gasteiger partial charge >= 0.3 is 0 Å². The van der Waals surface area contributed by atoms with E-state index >= 15 is 0 Å². The van der Waals surface area contributed by atoms with Gasteiger partial charge in [-0.25, -0.2) is 0 Å². The van der Waals surface area contributed by atoms with Gasteiger partial charge in [-0.3, -0.25) is 9.69 Å². The number of hydrogen-bond donors (Lipinski definition) is 3. The molecule has 1 aromatic rings. The largest absolute Gasteiger partial charge is 0.397 e. The SMILES string of the molecule is CCCCN(CCO)CC(=O)Nc1ccccc1N. The summed E-state index contributed by atoms with van der Waals surface area (Å²) in [6, 6.07) is 7.17. The highest BCUT2D eigenvalue weighted by atomic mass is 16.3. The molecule has 1 amide bonds. The molecule has 0 aliphatic heterocycles. The number of rotatable bonds is 8. The molecule has 1 rings (SSSR count). The Labute approximate surface area is 114 Å². The number of nitrogens with one attached hydrogen (secondary N) is 1. The fraction of sp³-hybridized carbons (Fsp3) is 0.500. The topological polar surface area (TPSA) is 78.6 Å². The first-order valence-corrected chi connectivity index (χ1v) is 6.65. The highest BCUT2D eigenvalue weighted by molar-refractivity contribution is 5.95. The second-order valence-corrected chi connectivity index (χ2v) is 4.49. The van der Waals surface area contributed by atoms with E-state index in [1.807, 2.05) is 17.0 Å². The molecule has 0 saturated carbocycles. The van der Waals surface area contributed by atoms with Crippen molar-refractivity contribution in [2.75, 3.05) is 37.3 Å². The number of hydrogen-bond acceptors (Lipinski definition) is 4. The van der Waals surface area contributed by atoms with Gasteiger partial charge in [-0.1, -0.05) is 25.5 Å². The fourth-order valence-electron chi connectivity index (χ4n) is 1.80. The number of nitrogen functional groups attached to an aromatic ring is 1. The highest BCUT2D eigenvalue weighted by Gasteiger charge is 2.10. The number of para-hydroxylation sites is 2. The van der Waals surface area contributed by atoms with Crippen LogP contribution in [-0.2, 0) is 4.79 Å². The molecule has 0 unspecified atom stereocenters. The monoisotopic (exact) mass is 265 g/mol. The number of benzene rings is 1. The first kappa shape index (κ1) is 15.5. The van der Waals surface area contributed by atoms with E-state index in [2.05, 4.69) is 12.2 Å². The lowest BCUT2D eigenvalue weighted by atomic mass is 10.2. The molecule has 0 saturated heterocycles. The molecule has 0 atom stereocenters. The number of anilines is 2. The molecule has 0 heterocycles. The quantitative estimate of drug-likeness (QED) is 0.619. The molecule has 4 N–H and O–H groups in total. The van der Waals surface area contributed by atoms with Crippen molar-refractivity contribution in [3.63, 3.8) is 0 Å². The van der Waals surface area contributed by atoms with Crippen molar-refractivity contribution in [3.8, 4) is 0 Å². The van der Waals surface area contributed by atoms with Crippen LogP contribution in [0, 0.1) is 0 Å². The van der Waals surface area contributed by atoms with Gasteiger partial charge in [0.2, 0.25) is 5.91 Å². The lowest BCUT2D eigenvalue weighted by molar-refractivity contribution is -0.117. The minimum absolute atomic E-state index is 0.0600. The maximum atomic E-state index is 11.9. The Kier molecular flexibility index (Phi) is 6.92. The van der Waals surface area contributed by atoms with Crippen LogP contribution in [0.2, 0.25) is 0 Å². The van der Waals surface area contributed by atoms with E-state index in [4.69, 9.17) is 10.8 Å². The van der Waals surface area contributed by atoms with Crippen LogP contribution in [0.3, 0.4) is 0 Å². The lowest BCUT2D eigenvalue weighted by Crippen LogP contribution is -2.36. The lowest BCUT2D eigenvalue weighted by Gasteiger charge is -2.20. The summed E-state index contributed by atoms with van der Waals surface area (Å²) in [5.41, 5.74) is 6.96. The van der Waals surface area contributed by atoms with E-state index < -0.39 is 0 Å². The number of aliphatic hydroxyl groups excluding tert-OH is 1. The van der Waals surface area contributed by atoms with Gasteiger partial charge in [0, 0.05) is 6.54 Å². The zero-order valence-electron chi connectivity index (χ0n) is 11.4. The Hall–Kier alpha value is -1.59. The Balaban J connectivity index is 2.50. The molecule has 0 radical (unpaired) electrons. The molecular formula is C14H23N3O2. The summed E-state index contributed by atoms with van der Waals surface area (Å²) >= 11 is 0. The minimum atomic E-state index is -0.109. The molecule has 0 fully saturated rings. The van der Waals surface area contributed by atoms with Gasteiger partial charge in [-0.15, -0.1) is 0 Å². The number of nitrogens with two attached hydrogens (primary N) is 1. The molecule has 0 bridgehead atoms. The van der Waals surface area contributed by atoms with Gasteiger partial charge in [0.05, 0.1) is 24.5 Å². The number of nitrogens with zero attached hydrogens (tertiary/aromatic N) is 1. The third-order valence-corrected chi connectivity index (χ3v) is 2.85.